The van der Waals surface area contributed by atoms with Crippen LogP contribution in [0.2, 0.25) is 0 Å². The number of hydrogen-bond acceptors (Lipinski definition) is 2. The molecule has 0 aromatic carbocycles. The monoisotopic (exact) mass is 257 g/mol. The van der Waals surface area contributed by atoms with Crippen LogP contribution in [0.1, 0.15) is 47.5 Å². The van der Waals surface area contributed by atoms with E-state index >= 15 is 0 Å². The Labute approximate surface area is 112 Å². The van der Waals surface area contributed by atoms with Crippen molar-refractivity contribution in [3.63, 3.8) is 0 Å². The molecule has 0 fully saturated rings. The summed E-state index contributed by atoms with van der Waals surface area (Å²) in [7, 11) is 0. The van der Waals surface area contributed by atoms with Gasteiger partial charge in [-0.05, 0) is 31.1 Å². The molecule has 0 aliphatic rings. The van der Waals surface area contributed by atoms with E-state index in [4.69, 9.17) is 10.5 Å². The van der Waals surface area contributed by atoms with E-state index in [1.165, 1.54) is 0 Å². The maximum Gasteiger partial charge on any atom is 0.188 e. The first-order valence-corrected chi connectivity index (χ1v) is 6.99. The zero-order chi connectivity index (χ0) is 14.0. The molecule has 0 heterocycles. The molecular formula is C14H31N3O. The van der Waals surface area contributed by atoms with Crippen LogP contribution in [0.3, 0.4) is 0 Å². The van der Waals surface area contributed by atoms with Gasteiger partial charge in [0.25, 0.3) is 0 Å². The molecule has 0 aliphatic heterocycles. The lowest BCUT2D eigenvalue weighted by Crippen LogP contribution is -2.34. The van der Waals surface area contributed by atoms with Gasteiger partial charge in [-0.3, -0.25) is 4.99 Å². The van der Waals surface area contributed by atoms with E-state index < -0.39 is 0 Å². The molecule has 3 N–H and O–H groups in total. The molecule has 0 aliphatic carbocycles. The first kappa shape index (κ1) is 17.2. The van der Waals surface area contributed by atoms with Gasteiger partial charge in [-0.2, -0.15) is 0 Å². The Morgan fingerprint density at radius 2 is 2.06 bits per heavy atom. The van der Waals surface area contributed by atoms with Crippen LogP contribution < -0.4 is 11.1 Å². The summed E-state index contributed by atoms with van der Waals surface area (Å²) in [6.45, 7) is 14.1. The molecule has 18 heavy (non-hydrogen) atoms. The van der Waals surface area contributed by atoms with E-state index in [-0.39, 0.29) is 5.41 Å². The second kappa shape index (κ2) is 9.20. The SMILES string of the molecule is CCOCCCNC(N)=NCC(C)(C)CC(C)C. The van der Waals surface area contributed by atoms with Crippen LogP contribution >= 0.6 is 0 Å². The Morgan fingerprint density at radius 1 is 1.39 bits per heavy atom. The average Bonchev–Trinajstić information content (AvgIpc) is 2.24. The van der Waals surface area contributed by atoms with Gasteiger partial charge in [-0.25, -0.2) is 0 Å². The maximum absolute atomic E-state index is 5.82. The largest absolute Gasteiger partial charge is 0.382 e. The number of guanidine groups is 1. The van der Waals surface area contributed by atoms with Gasteiger partial charge < -0.3 is 15.8 Å². The third-order valence-corrected chi connectivity index (χ3v) is 2.61. The molecule has 4 nitrogen and oxygen atoms in total. The standard InChI is InChI=1S/C14H31N3O/c1-6-18-9-7-8-16-13(15)17-11-14(4,5)10-12(2)3/h12H,6-11H2,1-5H3,(H3,15,16,17). The lowest BCUT2D eigenvalue weighted by molar-refractivity contribution is 0.145. The van der Waals surface area contributed by atoms with Crippen molar-refractivity contribution in [3.8, 4) is 0 Å². The van der Waals surface area contributed by atoms with Crippen LogP contribution in [0, 0.1) is 11.3 Å². The van der Waals surface area contributed by atoms with Gasteiger partial charge in [0, 0.05) is 26.3 Å². The molecule has 0 spiro atoms. The predicted molar refractivity (Wildman–Crippen MR) is 78.8 cm³/mol. The number of ether oxygens (including phenoxy) is 1. The molecule has 108 valence electrons. The quantitative estimate of drug-likeness (QED) is 0.379. The predicted octanol–water partition coefficient (Wildman–Crippen LogP) is 2.39. The van der Waals surface area contributed by atoms with Crippen LogP contribution in [0.15, 0.2) is 4.99 Å². The molecule has 0 aromatic rings. The third-order valence-electron chi connectivity index (χ3n) is 2.61. The first-order valence-electron chi connectivity index (χ1n) is 6.99. The van der Waals surface area contributed by atoms with Crippen LogP contribution in [0.5, 0.6) is 0 Å². The van der Waals surface area contributed by atoms with Gasteiger partial charge in [0.2, 0.25) is 0 Å². The molecular weight excluding hydrogens is 226 g/mol. The third kappa shape index (κ3) is 10.4. The number of rotatable bonds is 9. The number of nitrogens with zero attached hydrogens (tertiary/aromatic N) is 1. The van der Waals surface area contributed by atoms with E-state index in [0.717, 1.165) is 39.1 Å². The maximum atomic E-state index is 5.82. The summed E-state index contributed by atoms with van der Waals surface area (Å²) in [6.07, 6.45) is 2.12. The van der Waals surface area contributed by atoms with Gasteiger partial charge >= 0.3 is 0 Å². The molecule has 0 bridgehead atoms. The summed E-state index contributed by atoms with van der Waals surface area (Å²) in [5.41, 5.74) is 6.04. The second-order valence-electron chi connectivity index (χ2n) is 5.94. The van der Waals surface area contributed by atoms with E-state index in [0.29, 0.717) is 11.9 Å². The zero-order valence-electron chi connectivity index (χ0n) is 12.8. The molecule has 0 rings (SSSR count). The van der Waals surface area contributed by atoms with Crippen LogP contribution in [-0.2, 0) is 4.74 Å². The Bertz CT molecular complexity index is 237. The van der Waals surface area contributed by atoms with Crippen molar-refractivity contribution >= 4 is 5.96 Å². The van der Waals surface area contributed by atoms with Crippen molar-refractivity contribution in [2.75, 3.05) is 26.3 Å². The van der Waals surface area contributed by atoms with E-state index in [2.05, 4.69) is 38.0 Å². The molecule has 0 unspecified atom stereocenters. The smallest absolute Gasteiger partial charge is 0.188 e. The Balaban J connectivity index is 3.81. The minimum absolute atomic E-state index is 0.214. The van der Waals surface area contributed by atoms with Crippen LogP contribution in [0.25, 0.3) is 0 Å². The fraction of sp³-hybridized carbons (Fsp3) is 0.929. The highest BCUT2D eigenvalue weighted by atomic mass is 16.5. The minimum atomic E-state index is 0.214. The van der Waals surface area contributed by atoms with Crippen LogP contribution in [0.4, 0.5) is 0 Å². The highest BCUT2D eigenvalue weighted by Gasteiger charge is 2.18. The zero-order valence-corrected chi connectivity index (χ0v) is 12.8. The lowest BCUT2D eigenvalue weighted by atomic mass is 9.84. The average molecular weight is 257 g/mol. The van der Waals surface area contributed by atoms with Crippen molar-refractivity contribution in [3.05, 3.63) is 0 Å². The van der Waals surface area contributed by atoms with Crippen molar-refractivity contribution in [2.45, 2.75) is 47.5 Å². The van der Waals surface area contributed by atoms with Gasteiger partial charge in [-0.15, -0.1) is 0 Å². The summed E-state index contributed by atoms with van der Waals surface area (Å²) < 4.78 is 5.25. The van der Waals surface area contributed by atoms with Gasteiger partial charge in [0.05, 0.1) is 0 Å². The van der Waals surface area contributed by atoms with Crippen molar-refractivity contribution in [1.82, 2.24) is 5.32 Å². The fourth-order valence-electron chi connectivity index (χ4n) is 2.06. The van der Waals surface area contributed by atoms with Gasteiger partial charge in [-0.1, -0.05) is 27.7 Å². The summed E-state index contributed by atoms with van der Waals surface area (Å²) in [4.78, 5) is 4.41. The molecule has 0 saturated carbocycles. The van der Waals surface area contributed by atoms with Gasteiger partial charge in [0.15, 0.2) is 5.96 Å². The normalized spacial score (nSPS) is 13.1. The Kier molecular flexibility index (Phi) is 8.81. The summed E-state index contributed by atoms with van der Waals surface area (Å²) in [5.74, 6) is 1.24. The number of hydrogen-bond donors (Lipinski definition) is 2. The van der Waals surface area contributed by atoms with Gasteiger partial charge in [0.1, 0.15) is 0 Å². The van der Waals surface area contributed by atoms with E-state index in [1.54, 1.807) is 0 Å². The van der Waals surface area contributed by atoms with Crippen molar-refractivity contribution < 1.29 is 4.74 Å². The first-order chi connectivity index (χ1) is 8.37. The molecule has 0 radical (unpaired) electrons. The number of aliphatic imine (C=N–C) groups is 1. The van der Waals surface area contributed by atoms with E-state index in [1.807, 2.05) is 6.92 Å². The van der Waals surface area contributed by atoms with E-state index in [9.17, 15) is 0 Å². The number of nitrogens with one attached hydrogen (secondary N) is 1. The topological polar surface area (TPSA) is 59.6 Å². The van der Waals surface area contributed by atoms with Crippen LogP contribution in [-0.4, -0.2) is 32.3 Å². The molecule has 0 amide bonds. The molecule has 0 saturated heterocycles. The molecule has 0 aromatic heterocycles. The van der Waals surface area contributed by atoms with Crippen molar-refractivity contribution in [2.24, 2.45) is 22.1 Å². The molecule has 0 atom stereocenters. The highest BCUT2D eigenvalue weighted by Crippen LogP contribution is 2.25. The molecule has 4 heteroatoms. The number of nitrogens with two attached hydrogens (primary N) is 1. The summed E-state index contributed by atoms with van der Waals surface area (Å²) in [5, 5.41) is 3.12. The lowest BCUT2D eigenvalue weighted by Gasteiger charge is -2.24. The Morgan fingerprint density at radius 3 is 2.61 bits per heavy atom. The van der Waals surface area contributed by atoms with Crippen molar-refractivity contribution in [1.29, 1.82) is 0 Å². The summed E-state index contributed by atoms with van der Waals surface area (Å²) >= 11 is 0. The second-order valence-corrected chi connectivity index (χ2v) is 5.94. The summed E-state index contributed by atoms with van der Waals surface area (Å²) in [6, 6.07) is 0. The minimum Gasteiger partial charge on any atom is -0.382 e. The Hall–Kier alpha value is -0.770. The highest BCUT2D eigenvalue weighted by molar-refractivity contribution is 5.77. The fourth-order valence-corrected chi connectivity index (χ4v) is 2.06.